The molecule has 1 aliphatic heterocycles. The SMILES string of the molecule is COc1ccc(Cc2cc3c(c4c2OP(=O)(O)OC2[C@@H]4C4=C(CCCC4)CC2(C)Cc2ccc(OC)cc2)CCCC3)cc1. The lowest BCUT2D eigenvalue weighted by Gasteiger charge is -2.48. The van der Waals surface area contributed by atoms with Crippen LogP contribution in [0, 0.1) is 5.41 Å². The Morgan fingerprint density at radius 1 is 0.886 bits per heavy atom. The molecule has 4 atom stereocenters. The molecule has 0 saturated carbocycles. The van der Waals surface area contributed by atoms with Gasteiger partial charge in [-0.25, -0.2) is 4.57 Å². The first-order valence-electron chi connectivity index (χ1n) is 16.1. The number of methoxy groups -OCH3 is 2. The van der Waals surface area contributed by atoms with Crippen LogP contribution in [0.3, 0.4) is 0 Å². The van der Waals surface area contributed by atoms with Crippen LogP contribution in [0.4, 0.5) is 0 Å². The van der Waals surface area contributed by atoms with E-state index in [0.29, 0.717) is 12.2 Å². The summed E-state index contributed by atoms with van der Waals surface area (Å²) in [6.07, 6.45) is 10.4. The summed E-state index contributed by atoms with van der Waals surface area (Å²) in [6.45, 7) is 2.26. The number of allylic oxidation sites excluding steroid dienone is 1. The number of aryl methyl sites for hydroxylation is 1. The highest BCUT2D eigenvalue weighted by atomic mass is 31.2. The van der Waals surface area contributed by atoms with Gasteiger partial charge in [0.25, 0.3) is 0 Å². The van der Waals surface area contributed by atoms with Crippen LogP contribution in [0.2, 0.25) is 0 Å². The van der Waals surface area contributed by atoms with E-state index < -0.39 is 19.3 Å². The number of fused-ring (bicyclic) bond motifs is 6. The molecule has 232 valence electrons. The third kappa shape index (κ3) is 5.50. The minimum absolute atomic E-state index is 0.108. The van der Waals surface area contributed by atoms with Crippen LogP contribution in [0.1, 0.15) is 91.2 Å². The zero-order chi connectivity index (χ0) is 30.5. The normalized spacial score (nSPS) is 27.6. The molecule has 6 nitrogen and oxygen atoms in total. The van der Waals surface area contributed by atoms with Gasteiger partial charge < -0.3 is 14.0 Å². The first kappa shape index (κ1) is 29.6. The molecule has 3 aromatic carbocycles. The van der Waals surface area contributed by atoms with E-state index in [1.165, 1.54) is 34.3 Å². The molecule has 0 spiro atoms. The van der Waals surface area contributed by atoms with E-state index in [9.17, 15) is 9.46 Å². The van der Waals surface area contributed by atoms with Crippen molar-refractivity contribution in [1.29, 1.82) is 0 Å². The number of phosphoric acid groups is 1. The van der Waals surface area contributed by atoms with Gasteiger partial charge in [-0.1, -0.05) is 48.4 Å². The highest BCUT2D eigenvalue weighted by molar-refractivity contribution is 7.47. The standard InChI is InChI=1S/C37H43O6P/c1-37(22-25-14-18-30(41-3)19-15-25)23-27-9-5-7-11-32(27)34-33-31-10-6-4-8-26(31)21-28(20-24-12-16-29(40-2)17-13-24)35(33)42-44(38,39)43-36(34)37/h12-19,21,34,36H,4-11,20,22-23H2,1-3H3,(H,38,39)/t34-,36?,37?/m1/s1. The highest BCUT2D eigenvalue weighted by Gasteiger charge is 2.54. The summed E-state index contributed by atoms with van der Waals surface area (Å²) in [6, 6.07) is 18.5. The second-order valence-electron chi connectivity index (χ2n) is 13.4. The predicted molar refractivity (Wildman–Crippen MR) is 172 cm³/mol. The molecule has 0 fully saturated rings. The van der Waals surface area contributed by atoms with Crippen molar-refractivity contribution in [3.8, 4) is 17.2 Å². The van der Waals surface area contributed by atoms with Gasteiger partial charge in [0.15, 0.2) is 0 Å². The number of rotatable bonds is 6. The molecule has 0 bridgehead atoms. The topological polar surface area (TPSA) is 74.2 Å². The number of benzene rings is 3. The highest BCUT2D eigenvalue weighted by Crippen LogP contribution is 2.64. The molecule has 0 aromatic heterocycles. The van der Waals surface area contributed by atoms with Crippen LogP contribution < -0.4 is 14.0 Å². The fourth-order valence-corrected chi connectivity index (χ4v) is 9.57. The Labute approximate surface area is 261 Å². The van der Waals surface area contributed by atoms with Gasteiger partial charge >= 0.3 is 7.82 Å². The van der Waals surface area contributed by atoms with Crippen molar-refractivity contribution in [2.45, 2.75) is 89.6 Å². The van der Waals surface area contributed by atoms with Crippen molar-refractivity contribution in [2.24, 2.45) is 5.41 Å². The van der Waals surface area contributed by atoms with Crippen LogP contribution in [0.5, 0.6) is 17.2 Å². The third-order valence-corrected chi connectivity index (χ3v) is 11.3. The lowest BCUT2D eigenvalue weighted by Crippen LogP contribution is -2.45. The first-order chi connectivity index (χ1) is 21.3. The van der Waals surface area contributed by atoms with Gasteiger partial charge in [0.05, 0.1) is 20.3 Å². The molecule has 3 aliphatic carbocycles. The molecule has 44 heavy (non-hydrogen) atoms. The molecule has 7 rings (SSSR count). The van der Waals surface area contributed by atoms with E-state index in [-0.39, 0.29) is 5.92 Å². The van der Waals surface area contributed by atoms with Crippen LogP contribution in [-0.4, -0.2) is 25.2 Å². The van der Waals surface area contributed by atoms with Crippen LogP contribution >= 0.6 is 7.82 Å². The number of hydrogen-bond donors (Lipinski definition) is 1. The summed E-state index contributed by atoms with van der Waals surface area (Å²) in [5.41, 5.74) is 9.58. The number of hydrogen-bond acceptors (Lipinski definition) is 5. The summed E-state index contributed by atoms with van der Waals surface area (Å²) in [7, 11) is -1.09. The average Bonchev–Trinajstić information content (AvgIpc) is 3.16. The Balaban J connectivity index is 1.41. The fourth-order valence-electron chi connectivity index (χ4n) is 8.42. The number of phosphoric ester groups is 1. The molecule has 1 heterocycles. The van der Waals surface area contributed by atoms with E-state index >= 15 is 0 Å². The zero-order valence-corrected chi connectivity index (χ0v) is 27.0. The summed E-state index contributed by atoms with van der Waals surface area (Å²) < 4.78 is 37.4. The maximum atomic E-state index is 14.0. The molecule has 3 unspecified atom stereocenters. The quantitative estimate of drug-likeness (QED) is 0.221. The summed E-state index contributed by atoms with van der Waals surface area (Å²) >= 11 is 0. The van der Waals surface area contributed by atoms with Crippen LogP contribution in [-0.2, 0) is 34.8 Å². The first-order valence-corrected chi connectivity index (χ1v) is 17.6. The molecule has 0 saturated heterocycles. The third-order valence-electron chi connectivity index (χ3n) is 10.4. The largest absolute Gasteiger partial charge is 0.527 e. The van der Waals surface area contributed by atoms with Gasteiger partial charge in [0, 0.05) is 23.3 Å². The maximum absolute atomic E-state index is 14.0. The fraction of sp³-hybridized carbons (Fsp3) is 0.459. The zero-order valence-electron chi connectivity index (χ0n) is 26.1. The second-order valence-corrected chi connectivity index (χ2v) is 14.7. The summed E-state index contributed by atoms with van der Waals surface area (Å²) in [4.78, 5) is 11.4. The van der Waals surface area contributed by atoms with Gasteiger partial charge in [-0.15, -0.1) is 0 Å². The number of ether oxygens (including phenoxy) is 2. The van der Waals surface area contributed by atoms with Crippen LogP contribution in [0.25, 0.3) is 0 Å². The Morgan fingerprint density at radius 2 is 1.52 bits per heavy atom. The van der Waals surface area contributed by atoms with Crippen molar-refractivity contribution in [2.75, 3.05) is 14.2 Å². The molecule has 0 radical (unpaired) electrons. The Hall–Kier alpha value is -3.05. The maximum Gasteiger partial charge on any atom is 0.527 e. The van der Waals surface area contributed by atoms with E-state index in [4.69, 9.17) is 18.5 Å². The molecular weight excluding hydrogens is 571 g/mol. The van der Waals surface area contributed by atoms with Crippen molar-refractivity contribution < 1.29 is 28.0 Å². The smallest absolute Gasteiger partial charge is 0.497 e. The van der Waals surface area contributed by atoms with Gasteiger partial charge in [0.1, 0.15) is 17.2 Å². The second kappa shape index (κ2) is 11.7. The van der Waals surface area contributed by atoms with E-state index in [0.717, 1.165) is 86.0 Å². The van der Waals surface area contributed by atoms with Gasteiger partial charge in [-0.3, -0.25) is 9.42 Å². The predicted octanol–water partition coefficient (Wildman–Crippen LogP) is 8.66. The van der Waals surface area contributed by atoms with Gasteiger partial charge in [-0.05, 0) is 116 Å². The lowest BCUT2D eigenvalue weighted by atomic mass is 9.58. The lowest BCUT2D eigenvalue weighted by molar-refractivity contribution is 0.0168. The van der Waals surface area contributed by atoms with Crippen molar-refractivity contribution in [1.82, 2.24) is 0 Å². The van der Waals surface area contributed by atoms with Crippen molar-refractivity contribution in [3.63, 3.8) is 0 Å². The Morgan fingerprint density at radius 3 is 2.23 bits per heavy atom. The van der Waals surface area contributed by atoms with Crippen molar-refractivity contribution >= 4 is 7.82 Å². The molecular formula is C37H43O6P. The van der Waals surface area contributed by atoms with Crippen LogP contribution in [0.15, 0.2) is 65.7 Å². The van der Waals surface area contributed by atoms with E-state index in [1.54, 1.807) is 14.2 Å². The molecule has 3 aromatic rings. The molecule has 0 amide bonds. The average molecular weight is 615 g/mol. The van der Waals surface area contributed by atoms with E-state index in [2.05, 4.69) is 37.3 Å². The minimum Gasteiger partial charge on any atom is -0.497 e. The monoisotopic (exact) mass is 614 g/mol. The Bertz CT molecular complexity index is 1630. The molecule has 1 N–H and O–H groups in total. The van der Waals surface area contributed by atoms with E-state index in [1.807, 2.05) is 24.3 Å². The summed E-state index contributed by atoms with van der Waals surface area (Å²) in [5.74, 6) is 2.09. The van der Waals surface area contributed by atoms with Crippen molar-refractivity contribution in [3.05, 3.63) is 99.1 Å². The van der Waals surface area contributed by atoms with Gasteiger partial charge in [0.2, 0.25) is 0 Å². The Kier molecular flexibility index (Phi) is 7.89. The summed E-state index contributed by atoms with van der Waals surface area (Å²) in [5, 5.41) is 0. The minimum atomic E-state index is -4.44. The molecule has 7 heteroatoms. The van der Waals surface area contributed by atoms with Gasteiger partial charge in [-0.2, -0.15) is 0 Å². The molecule has 4 aliphatic rings.